The number of hydrogen-bond donors (Lipinski definition) is 2. The van der Waals surface area contributed by atoms with Gasteiger partial charge in [-0.1, -0.05) is 84.9 Å². The lowest BCUT2D eigenvalue weighted by Gasteiger charge is -2.14. The first-order chi connectivity index (χ1) is 15.6. The molecule has 4 heteroatoms. The van der Waals surface area contributed by atoms with E-state index >= 15 is 0 Å². The minimum absolute atomic E-state index is 0.0648. The Morgan fingerprint density at radius 2 is 1.44 bits per heavy atom. The normalized spacial score (nSPS) is 11.7. The van der Waals surface area contributed by atoms with Crippen LogP contribution >= 0.6 is 0 Å². The molecule has 0 radical (unpaired) electrons. The molecule has 4 rings (SSSR count). The highest BCUT2D eigenvalue weighted by Crippen LogP contribution is 2.27. The van der Waals surface area contributed by atoms with Crippen LogP contribution in [0, 0.1) is 0 Å². The SMILES string of the molecule is NC(c1ccccc1)c1cccc(-c2cccc(COc3ccccc3CC(=O)O)c2)c1. The molecule has 0 heterocycles. The molecule has 0 fully saturated rings. The number of carbonyl (C=O) groups is 1. The van der Waals surface area contributed by atoms with Gasteiger partial charge in [-0.3, -0.25) is 4.79 Å². The number of para-hydroxylation sites is 1. The third-order valence-electron chi connectivity index (χ3n) is 5.37. The number of ether oxygens (including phenoxy) is 1. The Hall–Kier alpha value is -3.89. The predicted octanol–water partition coefficient (Wildman–Crippen LogP) is 5.61. The molecule has 0 saturated heterocycles. The lowest BCUT2D eigenvalue weighted by atomic mass is 9.95. The van der Waals surface area contributed by atoms with E-state index in [1.54, 1.807) is 12.1 Å². The van der Waals surface area contributed by atoms with Crippen molar-refractivity contribution in [2.45, 2.75) is 19.1 Å². The predicted molar refractivity (Wildman–Crippen MR) is 126 cm³/mol. The number of rotatable bonds is 8. The minimum Gasteiger partial charge on any atom is -0.489 e. The van der Waals surface area contributed by atoms with Gasteiger partial charge in [0.15, 0.2) is 0 Å². The van der Waals surface area contributed by atoms with E-state index in [0.29, 0.717) is 17.9 Å². The molecule has 4 nitrogen and oxygen atoms in total. The van der Waals surface area contributed by atoms with Gasteiger partial charge in [-0.2, -0.15) is 0 Å². The molecule has 4 aromatic rings. The molecule has 0 bridgehead atoms. The van der Waals surface area contributed by atoms with Crippen LogP contribution < -0.4 is 10.5 Å². The zero-order valence-electron chi connectivity index (χ0n) is 17.6. The highest BCUT2D eigenvalue weighted by Gasteiger charge is 2.11. The molecule has 0 saturated carbocycles. The first kappa shape index (κ1) is 21.3. The van der Waals surface area contributed by atoms with E-state index in [1.165, 1.54) is 0 Å². The van der Waals surface area contributed by atoms with Crippen molar-refractivity contribution < 1.29 is 14.6 Å². The van der Waals surface area contributed by atoms with Crippen molar-refractivity contribution in [3.63, 3.8) is 0 Å². The number of hydrogen-bond acceptors (Lipinski definition) is 3. The molecule has 0 aromatic heterocycles. The Labute approximate surface area is 187 Å². The molecule has 32 heavy (non-hydrogen) atoms. The van der Waals surface area contributed by atoms with Crippen molar-refractivity contribution in [3.05, 3.63) is 125 Å². The van der Waals surface area contributed by atoms with Crippen molar-refractivity contribution in [2.24, 2.45) is 5.73 Å². The minimum atomic E-state index is -0.878. The lowest BCUT2D eigenvalue weighted by molar-refractivity contribution is -0.136. The van der Waals surface area contributed by atoms with E-state index < -0.39 is 5.97 Å². The molecule has 1 atom stereocenters. The summed E-state index contributed by atoms with van der Waals surface area (Å²) in [4.78, 5) is 11.1. The van der Waals surface area contributed by atoms with Crippen LogP contribution in [-0.2, 0) is 17.8 Å². The van der Waals surface area contributed by atoms with Gasteiger partial charge < -0.3 is 15.6 Å². The third kappa shape index (κ3) is 5.23. The molecular formula is C28H25NO3. The van der Waals surface area contributed by atoms with Crippen LogP contribution in [0.1, 0.15) is 28.3 Å². The lowest BCUT2D eigenvalue weighted by Crippen LogP contribution is -2.11. The fourth-order valence-electron chi connectivity index (χ4n) is 3.72. The summed E-state index contributed by atoms with van der Waals surface area (Å²) in [6, 6.07) is 33.5. The van der Waals surface area contributed by atoms with Crippen LogP contribution in [0.25, 0.3) is 11.1 Å². The van der Waals surface area contributed by atoms with E-state index in [9.17, 15) is 4.79 Å². The van der Waals surface area contributed by atoms with Gasteiger partial charge in [0.25, 0.3) is 0 Å². The smallest absolute Gasteiger partial charge is 0.307 e. The van der Waals surface area contributed by atoms with Gasteiger partial charge in [-0.25, -0.2) is 0 Å². The Kier molecular flexibility index (Phi) is 6.63. The molecule has 0 aliphatic rings. The first-order valence-corrected chi connectivity index (χ1v) is 10.5. The van der Waals surface area contributed by atoms with Crippen LogP contribution in [0.2, 0.25) is 0 Å². The fourth-order valence-corrected chi connectivity index (χ4v) is 3.72. The maximum absolute atomic E-state index is 11.1. The van der Waals surface area contributed by atoms with E-state index in [2.05, 4.69) is 24.3 Å². The topological polar surface area (TPSA) is 72.5 Å². The monoisotopic (exact) mass is 423 g/mol. The summed E-state index contributed by atoms with van der Waals surface area (Å²) in [6.07, 6.45) is -0.0648. The number of benzene rings is 4. The maximum atomic E-state index is 11.1. The number of carboxylic acid groups (broad SMARTS) is 1. The zero-order chi connectivity index (χ0) is 22.3. The van der Waals surface area contributed by atoms with Crippen LogP contribution in [0.4, 0.5) is 0 Å². The average Bonchev–Trinajstić information content (AvgIpc) is 2.83. The van der Waals surface area contributed by atoms with Crippen LogP contribution in [0.3, 0.4) is 0 Å². The van der Waals surface area contributed by atoms with Crippen LogP contribution in [0.15, 0.2) is 103 Å². The summed E-state index contributed by atoms with van der Waals surface area (Å²) in [6.45, 7) is 0.355. The van der Waals surface area contributed by atoms with E-state index in [0.717, 1.165) is 27.8 Å². The zero-order valence-corrected chi connectivity index (χ0v) is 17.6. The molecular weight excluding hydrogens is 398 g/mol. The van der Waals surface area contributed by atoms with Gasteiger partial charge in [0.2, 0.25) is 0 Å². The van der Waals surface area contributed by atoms with Crippen LogP contribution in [0.5, 0.6) is 5.75 Å². The fraction of sp³-hybridized carbons (Fsp3) is 0.107. The Morgan fingerprint density at radius 1 is 0.781 bits per heavy atom. The van der Waals surface area contributed by atoms with Crippen LogP contribution in [-0.4, -0.2) is 11.1 Å². The second-order valence-corrected chi connectivity index (χ2v) is 7.68. The number of aliphatic carboxylic acids is 1. The summed E-state index contributed by atoms with van der Waals surface area (Å²) in [5.74, 6) is -0.284. The van der Waals surface area contributed by atoms with Crippen molar-refractivity contribution in [1.82, 2.24) is 0 Å². The van der Waals surface area contributed by atoms with Gasteiger partial charge in [0.1, 0.15) is 12.4 Å². The number of carboxylic acids is 1. The van der Waals surface area contributed by atoms with Crippen molar-refractivity contribution >= 4 is 5.97 Å². The summed E-state index contributed by atoms with van der Waals surface area (Å²) < 4.78 is 5.95. The highest BCUT2D eigenvalue weighted by molar-refractivity contribution is 5.71. The van der Waals surface area contributed by atoms with Crippen molar-refractivity contribution in [3.8, 4) is 16.9 Å². The standard InChI is InChI=1S/C28H25NO3/c29-28(21-9-2-1-3-10-21)25-14-7-13-23(17-25)22-12-6-8-20(16-22)19-32-26-15-5-4-11-24(26)18-27(30)31/h1-17,28H,18-19,29H2,(H,30,31). The summed E-state index contributed by atoms with van der Waals surface area (Å²) >= 11 is 0. The molecule has 4 aromatic carbocycles. The van der Waals surface area contributed by atoms with Crippen molar-refractivity contribution in [2.75, 3.05) is 0 Å². The Morgan fingerprint density at radius 3 is 2.22 bits per heavy atom. The molecule has 0 spiro atoms. The molecule has 0 amide bonds. The second-order valence-electron chi connectivity index (χ2n) is 7.68. The van der Waals surface area contributed by atoms with Gasteiger partial charge in [-0.05, 0) is 46.0 Å². The van der Waals surface area contributed by atoms with E-state index in [1.807, 2.05) is 66.7 Å². The third-order valence-corrected chi connectivity index (χ3v) is 5.37. The summed E-state index contributed by atoms with van der Waals surface area (Å²) in [5, 5.41) is 9.11. The quantitative estimate of drug-likeness (QED) is 0.386. The van der Waals surface area contributed by atoms with E-state index in [-0.39, 0.29) is 12.5 Å². The average molecular weight is 424 g/mol. The van der Waals surface area contributed by atoms with Crippen molar-refractivity contribution in [1.29, 1.82) is 0 Å². The Bertz CT molecular complexity index is 1200. The molecule has 1 unspecified atom stereocenters. The highest BCUT2D eigenvalue weighted by atomic mass is 16.5. The molecule has 160 valence electrons. The maximum Gasteiger partial charge on any atom is 0.307 e. The summed E-state index contributed by atoms with van der Waals surface area (Å²) in [7, 11) is 0. The molecule has 0 aliphatic carbocycles. The second kappa shape index (κ2) is 9.94. The largest absolute Gasteiger partial charge is 0.489 e. The molecule has 3 N–H and O–H groups in total. The Balaban J connectivity index is 1.52. The van der Waals surface area contributed by atoms with Gasteiger partial charge in [0, 0.05) is 5.56 Å². The number of nitrogens with two attached hydrogens (primary N) is 1. The molecule has 0 aliphatic heterocycles. The summed E-state index contributed by atoms with van der Waals surface area (Å²) in [5.41, 5.74) is 12.5. The van der Waals surface area contributed by atoms with E-state index in [4.69, 9.17) is 15.6 Å². The first-order valence-electron chi connectivity index (χ1n) is 10.5. The van der Waals surface area contributed by atoms with Gasteiger partial charge in [0.05, 0.1) is 12.5 Å². The van der Waals surface area contributed by atoms with Gasteiger partial charge >= 0.3 is 5.97 Å². The van der Waals surface area contributed by atoms with Gasteiger partial charge in [-0.15, -0.1) is 0 Å².